The first kappa shape index (κ1) is 28.6. The first-order valence-corrected chi connectivity index (χ1v) is 16.0. The fourth-order valence-electron chi connectivity index (χ4n) is 6.32. The van der Waals surface area contributed by atoms with Gasteiger partial charge < -0.3 is 0 Å². The van der Waals surface area contributed by atoms with Crippen LogP contribution in [0.3, 0.4) is 0 Å². The number of amidine groups is 1. The van der Waals surface area contributed by atoms with Gasteiger partial charge in [0.1, 0.15) is 0 Å². The van der Waals surface area contributed by atoms with Gasteiger partial charge in [0, 0.05) is 0 Å². The van der Waals surface area contributed by atoms with Gasteiger partial charge >= 0.3 is 256 Å². The van der Waals surface area contributed by atoms with E-state index in [0.29, 0.717) is 41.0 Å². The summed E-state index contributed by atoms with van der Waals surface area (Å²) in [6, 6.07) is 5.54. The monoisotopic (exact) mass is 660 g/mol. The number of fused-ring (bicyclic) bond motifs is 1. The number of aliphatic imine (C=N–C) groups is 1. The second-order valence-electron chi connectivity index (χ2n) is 11.0. The van der Waals surface area contributed by atoms with Crippen LogP contribution in [0.5, 0.6) is 0 Å². The molecule has 2 amide bonds. The molecular formula is C27H32AsClN7O4S+. The van der Waals surface area contributed by atoms with Gasteiger partial charge in [-0.2, -0.15) is 0 Å². The summed E-state index contributed by atoms with van der Waals surface area (Å²) in [4.78, 5) is 42.7. The molecule has 6 rings (SSSR count). The molecule has 0 radical (unpaired) electrons. The molecule has 3 fully saturated rings. The van der Waals surface area contributed by atoms with Crippen molar-refractivity contribution in [3.63, 3.8) is 0 Å². The molecule has 5 N–H and O–H groups in total. The zero-order chi connectivity index (χ0) is 28.9. The molecule has 216 valence electrons. The number of carbonyl (C=O) groups is 2. The molecule has 2 aromatic rings. The van der Waals surface area contributed by atoms with Crippen LogP contribution in [-0.4, -0.2) is 88.5 Å². The molecule has 4 aliphatic rings. The molecule has 3 atom stereocenters. The fourth-order valence-corrected chi connectivity index (χ4v) is 8.32. The van der Waals surface area contributed by atoms with Crippen molar-refractivity contribution in [2.75, 3.05) is 37.7 Å². The Morgan fingerprint density at radius 2 is 2.07 bits per heavy atom. The summed E-state index contributed by atoms with van der Waals surface area (Å²) in [7, 11) is 0. The molecule has 0 saturated carbocycles. The summed E-state index contributed by atoms with van der Waals surface area (Å²) >= 11 is 9.74. The van der Waals surface area contributed by atoms with Gasteiger partial charge in [0.2, 0.25) is 0 Å². The Balaban J connectivity index is 1.27. The van der Waals surface area contributed by atoms with Crippen molar-refractivity contribution in [3.05, 3.63) is 40.9 Å². The van der Waals surface area contributed by atoms with Gasteiger partial charge in [0.15, 0.2) is 0 Å². The van der Waals surface area contributed by atoms with Crippen molar-refractivity contribution < 1.29 is 19.4 Å². The van der Waals surface area contributed by atoms with E-state index < -0.39 is 23.3 Å². The van der Waals surface area contributed by atoms with Crippen LogP contribution in [0.15, 0.2) is 50.8 Å². The number of benzene rings is 1. The molecule has 41 heavy (non-hydrogen) atoms. The minimum absolute atomic E-state index is 0.0633. The number of carbonyl (C=O) groups excluding carboxylic acids is 2. The summed E-state index contributed by atoms with van der Waals surface area (Å²) < 4.78 is 6.13. The molecule has 1 aromatic carbocycles. The van der Waals surface area contributed by atoms with Crippen molar-refractivity contribution in [1.29, 1.82) is 0 Å². The van der Waals surface area contributed by atoms with Gasteiger partial charge in [-0.1, -0.05) is 0 Å². The van der Waals surface area contributed by atoms with Crippen LogP contribution in [0.1, 0.15) is 32.1 Å². The van der Waals surface area contributed by atoms with Crippen LogP contribution >= 0.6 is 23.4 Å². The molecule has 1 aromatic heterocycles. The molecule has 4 aliphatic heterocycles. The number of anilines is 1. The number of aliphatic hydroxyl groups is 1. The Morgan fingerprint density at radius 3 is 2.76 bits per heavy atom. The third-order valence-corrected chi connectivity index (χ3v) is 11.6. The standard InChI is InChI=1S/C27H31AsClN7O4S/c28-22-25(32-12-18(33-22)35-9-7-27(8-10-35)14-40-13-17(27)30)41-16-5-3-4-15(21(16)29)36-11-2-1-6-19(36)34-24(38)20(23(31)37)26(36)39/h3-5,12,17H,1-2,6-11,13-14,28,30H2,(H2-,31,37,38,39)/p+1. The summed E-state index contributed by atoms with van der Waals surface area (Å²) in [5.41, 5.74) is 11.9. The molecule has 1 spiro atoms. The van der Waals surface area contributed by atoms with Crippen LogP contribution in [0.4, 0.5) is 11.5 Å². The first-order chi connectivity index (χ1) is 19.7. The third-order valence-electron chi connectivity index (χ3n) is 8.72. The summed E-state index contributed by atoms with van der Waals surface area (Å²) in [6.07, 6.45) is 5.74. The van der Waals surface area contributed by atoms with E-state index in [-0.39, 0.29) is 15.9 Å². The zero-order valence-corrected chi connectivity index (χ0v) is 26.4. The predicted molar refractivity (Wildman–Crippen MR) is 160 cm³/mol. The number of hydrogen-bond acceptors (Lipinski definition) is 10. The van der Waals surface area contributed by atoms with Crippen molar-refractivity contribution in [1.82, 2.24) is 14.5 Å². The number of ether oxygens (including phenoxy) is 1. The Kier molecular flexibility index (Phi) is 7.67. The number of rotatable bonds is 5. The summed E-state index contributed by atoms with van der Waals surface area (Å²) in [5.74, 6) is -0.971. The van der Waals surface area contributed by atoms with E-state index in [1.54, 1.807) is 12.3 Å². The molecule has 3 unspecified atom stereocenters. The number of primary amides is 1. The fraction of sp³-hybridized carbons (Fsp3) is 0.444. The molecular weight excluding hydrogens is 629 g/mol. The number of piperidine rings is 2. The van der Waals surface area contributed by atoms with E-state index >= 15 is 0 Å². The maximum atomic E-state index is 13.8. The summed E-state index contributed by atoms with van der Waals surface area (Å²) in [6.45, 7) is 3.43. The summed E-state index contributed by atoms with van der Waals surface area (Å²) in [5, 5.41) is 11.4. The van der Waals surface area contributed by atoms with Crippen molar-refractivity contribution >= 4 is 73.9 Å². The van der Waals surface area contributed by atoms with Crippen molar-refractivity contribution in [2.24, 2.45) is 21.9 Å². The van der Waals surface area contributed by atoms with Crippen molar-refractivity contribution in [2.45, 2.75) is 48.1 Å². The number of aliphatic hydroxyl groups excluding tert-OH is 1. The molecule has 14 heteroatoms. The second-order valence-corrected chi connectivity index (χ2v) is 13.5. The van der Waals surface area contributed by atoms with Crippen molar-refractivity contribution in [3.8, 4) is 0 Å². The van der Waals surface area contributed by atoms with Gasteiger partial charge in [-0.05, 0) is 0 Å². The topological polar surface area (TPSA) is 157 Å². The van der Waals surface area contributed by atoms with Crippen LogP contribution in [-0.2, 0) is 14.3 Å². The Bertz CT molecular complexity index is 1500. The number of nitrogens with two attached hydrogens (primary N) is 2. The van der Waals surface area contributed by atoms with E-state index in [2.05, 4.69) is 9.89 Å². The number of halogens is 1. The normalized spacial score (nSPS) is 25.8. The van der Waals surface area contributed by atoms with E-state index in [1.807, 2.05) is 12.1 Å². The van der Waals surface area contributed by atoms with E-state index in [4.69, 9.17) is 37.8 Å². The number of quaternary nitrogens is 1. The Hall–Kier alpha value is -2.47. The quantitative estimate of drug-likeness (QED) is 0.243. The molecule has 5 heterocycles. The van der Waals surface area contributed by atoms with E-state index in [0.717, 1.165) is 60.7 Å². The average Bonchev–Trinajstić information content (AvgIpc) is 3.30. The van der Waals surface area contributed by atoms with Gasteiger partial charge in [-0.3, -0.25) is 0 Å². The van der Waals surface area contributed by atoms with Crippen LogP contribution < -0.4 is 25.3 Å². The second kappa shape index (κ2) is 11.0. The number of aromatic nitrogens is 2. The van der Waals surface area contributed by atoms with E-state index in [9.17, 15) is 14.7 Å². The Labute approximate surface area is 255 Å². The third kappa shape index (κ3) is 4.78. The SMILES string of the molecule is NC(=O)C1=C(O)N=C2CCCC[N+]2(c2cccc(Sc3ncc(N4CCC5(CC4)COCC5N)nc3[AsH2])c2Cl)C1=O. The molecule has 3 saturated heterocycles. The molecule has 0 aliphatic carbocycles. The minimum atomic E-state index is -1.02. The molecule has 11 nitrogen and oxygen atoms in total. The van der Waals surface area contributed by atoms with E-state index in [1.165, 1.54) is 28.6 Å². The van der Waals surface area contributed by atoms with Gasteiger partial charge in [-0.15, -0.1) is 0 Å². The van der Waals surface area contributed by atoms with Gasteiger partial charge in [-0.25, -0.2) is 0 Å². The maximum absolute atomic E-state index is 13.8. The number of nitrogens with zero attached hydrogens (tertiary/aromatic N) is 5. The average molecular weight is 661 g/mol. The molecule has 0 bridgehead atoms. The Morgan fingerprint density at radius 1 is 1.29 bits per heavy atom. The van der Waals surface area contributed by atoms with Crippen LogP contribution in [0, 0.1) is 5.41 Å². The number of amides is 2. The predicted octanol–water partition coefficient (Wildman–Crippen LogP) is 1.17. The first-order valence-electron chi connectivity index (χ1n) is 13.6. The van der Waals surface area contributed by atoms with Gasteiger partial charge in [0.25, 0.3) is 0 Å². The number of hydrogen-bond donors (Lipinski definition) is 3. The van der Waals surface area contributed by atoms with Crippen LogP contribution in [0.25, 0.3) is 0 Å². The van der Waals surface area contributed by atoms with Gasteiger partial charge in [0.05, 0.1) is 0 Å². The zero-order valence-electron chi connectivity index (χ0n) is 22.4. The van der Waals surface area contributed by atoms with Crippen LogP contribution in [0.2, 0.25) is 5.02 Å².